The summed E-state index contributed by atoms with van der Waals surface area (Å²) < 4.78 is 2.17. The first-order valence-electron chi connectivity index (χ1n) is 6.47. The Morgan fingerprint density at radius 2 is 1.90 bits per heavy atom. The van der Waals surface area contributed by atoms with E-state index in [-0.39, 0.29) is 6.42 Å². The van der Waals surface area contributed by atoms with E-state index >= 15 is 0 Å². The van der Waals surface area contributed by atoms with E-state index in [1.165, 1.54) is 4.57 Å². The smallest absolute Gasteiger partial charge is 0.332 e. The highest BCUT2D eigenvalue weighted by molar-refractivity contribution is 5.78. The molecule has 0 bridgehead atoms. The lowest BCUT2D eigenvalue weighted by molar-refractivity contribution is -0.310. The van der Waals surface area contributed by atoms with E-state index in [2.05, 4.69) is 0 Å². The average molecular weight is 275 g/mol. The second kappa shape index (κ2) is 5.32. The lowest BCUT2D eigenvalue weighted by Gasteiger charge is -2.20. The molecule has 6 heteroatoms. The molecule has 2 rings (SSSR count). The summed E-state index contributed by atoms with van der Waals surface area (Å²) in [6.07, 6.45) is 0.111. The van der Waals surface area contributed by atoms with Crippen LogP contribution < -0.4 is 16.4 Å². The Morgan fingerprint density at radius 1 is 1.25 bits per heavy atom. The quantitative estimate of drug-likeness (QED) is 0.779. The molecule has 0 saturated heterocycles. The molecule has 0 radical (unpaired) electrons. The number of aliphatic carboxylic acids is 1. The maximum absolute atomic E-state index is 12.4. The molecule has 0 aliphatic heterocycles. The molecule has 0 aliphatic rings. The molecular weight excluding hydrogens is 260 g/mol. The lowest BCUT2D eigenvalue weighted by atomic mass is 10.2. The molecular formula is C14H15N2O4-. The lowest BCUT2D eigenvalue weighted by Crippen LogP contribution is -2.47. The van der Waals surface area contributed by atoms with Crippen molar-refractivity contribution in [3.8, 4) is 0 Å². The van der Waals surface area contributed by atoms with Crippen LogP contribution in [0.15, 0.2) is 33.9 Å². The molecule has 106 valence electrons. The largest absolute Gasteiger partial charge is 0.548 e. The van der Waals surface area contributed by atoms with Crippen LogP contribution in [0.25, 0.3) is 10.9 Å². The van der Waals surface area contributed by atoms with Crippen molar-refractivity contribution in [3.63, 3.8) is 0 Å². The number of aryl methyl sites for hydroxylation is 1. The van der Waals surface area contributed by atoms with Gasteiger partial charge in [-0.3, -0.25) is 13.9 Å². The highest BCUT2D eigenvalue weighted by atomic mass is 16.4. The van der Waals surface area contributed by atoms with Crippen LogP contribution in [0.2, 0.25) is 0 Å². The highest BCUT2D eigenvalue weighted by Gasteiger charge is 2.19. The molecule has 1 atom stereocenters. The minimum absolute atomic E-state index is 0.111. The number of nitrogens with zero attached hydrogens (tertiary/aromatic N) is 2. The van der Waals surface area contributed by atoms with Gasteiger partial charge in [-0.15, -0.1) is 0 Å². The molecule has 0 saturated carbocycles. The number of hydrogen-bond acceptors (Lipinski definition) is 4. The Morgan fingerprint density at radius 3 is 2.45 bits per heavy atom. The van der Waals surface area contributed by atoms with E-state index in [0.717, 1.165) is 4.57 Å². The van der Waals surface area contributed by atoms with Crippen molar-refractivity contribution in [1.82, 2.24) is 9.13 Å². The summed E-state index contributed by atoms with van der Waals surface area (Å²) in [5.41, 5.74) is -0.701. The number of carboxylic acid groups (broad SMARTS) is 1. The topological polar surface area (TPSA) is 84.1 Å². The van der Waals surface area contributed by atoms with Crippen molar-refractivity contribution in [2.24, 2.45) is 0 Å². The Kier molecular flexibility index (Phi) is 3.74. The van der Waals surface area contributed by atoms with Crippen LogP contribution >= 0.6 is 0 Å². The standard InChI is InChI=1S/C14H16N2O4/c1-3-10(13(18)19)16-12(17)9-7-5-6-8-11(9)15(4-2)14(16)20/h5-8,10H,3-4H2,1-2H3,(H,18,19)/p-1. The third-order valence-corrected chi connectivity index (χ3v) is 3.37. The Hall–Kier alpha value is -2.37. The molecule has 1 aromatic carbocycles. The van der Waals surface area contributed by atoms with Crippen LogP contribution in [0.5, 0.6) is 0 Å². The van der Waals surface area contributed by atoms with Gasteiger partial charge in [-0.05, 0) is 25.5 Å². The van der Waals surface area contributed by atoms with E-state index < -0.39 is 23.3 Å². The summed E-state index contributed by atoms with van der Waals surface area (Å²) in [5, 5.41) is 11.5. The minimum atomic E-state index is -1.43. The number of carbonyl (C=O) groups excluding carboxylic acids is 1. The fourth-order valence-corrected chi connectivity index (χ4v) is 2.37. The van der Waals surface area contributed by atoms with Gasteiger partial charge in [0.1, 0.15) is 0 Å². The number of benzene rings is 1. The first kappa shape index (κ1) is 14.0. The van der Waals surface area contributed by atoms with Crippen LogP contribution in [-0.2, 0) is 11.3 Å². The van der Waals surface area contributed by atoms with Gasteiger partial charge in [-0.25, -0.2) is 4.79 Å². The van der Waals surface area contributed by atoms with Crippen molar-refractivity contribution in [2.75, 3.05) is 0 Å². The summed E-state index contributed by atoms with van der Waals surface area (Å²) in [6.45, 7) is 3.71. The Balaban J connectivity index is 2.96. The van der Waals surface area contributed by atoms with E-state index in [4.69, 9.17) is 0 Å². The van der Waals surface area contributed by atoms with Crippen molar-refractivity contribution in [3.05, 3.63) is 45.1 Å². The number of carboxylic acids is 1. The van der Waals surface area contributed by atoms with Gasteiger partial charge in [0.05, 0.1) is 22.9 Å². The second-order valence-electron chi connectivity index (χ2n) is 4.46. The van der Waals surface area contributed by atoms with E-state index in [1.54, 1.807) is 38.1 Å². The van der Waals surface area contributed by atoms with Crippen molar-refractivity contribution < 1.29 is 9.90 Å². The summed E-state index contributed by atoms with van der Waals surface area (Å²) in [5.74, 6) is -1.43. The maximum Gasteiger partial charge on any atom is 0.332 e. The van der Waals surface area contributed by atoms with Crippen LogP contribution in [0.4, 0.5) is 0 Å². The van der Waals surface area contributed by atoms with Gasteiger partial charge in [-0.1, -0.05) is 19.1 Å². The number of carbonyl (C=O) groups is 1. The molecule has 0 spiro atoms. The highest BCUT2D eigenvalue weighted by Crippen LogP contribution is 2.11. The van der Waals surface area contributed by atoms with Gasteiger partial charge in [0.15, 0.2) is 0 Å². The first-order chi connectivity index (χ1) is 9.52. The molecule has 0 amide bonds. The van der Waals surface area contributed by atoms with Crippen LogP contribution in [0.1, 0.15) is 26.3 Å². The van der Waals surface area contributed by atoms with Gasteiger partial charge < -0.3 is 9.90 Å². The summed E-state index contributed by atoms with van der Waals surface area (Å²) in [6, 6.07) is 5.41. The molecule has 1 heterocycles. The van der Waals surface area contributed by atoms with Crippen molar-refractivity contribution in [1.29, 1.82) is 0 Å². The van der Waals surface area contributed by atoms with Gasteiger partial charge >= 0.3 is 5.69 Å². The van der Waals surface area contributed by atoms with Gasteiger partial charge in [0.2, 0.25) is 0 Å². The van der Waals surface area contributed by atoms with Gasteiger partial charge in [-0.2, -0.15) is 0 Å². The summed E-state index contributed by atoms with van der Waals surface area (Å²) in [4.78, 5) is 35.9. The average Bonchev–Trinajstić information content (AvgIpc) is 2.43. The molecule has 6 nitrogen and oxygen atoms in total. The molecule has 20 heavy (non-hydrogen) atoms. The van der Waals surface area contributed by atoms with Gasteiger partial charge in [0.25, 0.3) is 5.56 Å². The zero-order valence-electron chi connectivity index (χ0n) is 11.3. The van der Waals surface area contributed by atoms with Crippen molar-refractivity contribution in [2.45, 2.75) is 32.9 Å². The Bertz CT molecular complexity index is 773. The second-order valence-corrected chi connectivity index (χ2v) is 4.46. The predicted molar refractivity (Wildman–Crippen MR) is 72.5 cm³/mol. The van der Waals surface area contributed by atoms with E-state index in [0.29, 0.717) is 17.4 Å². The normalized spacial score (nSPS) is 12.5. The van der Waals surface area contributed by atoms with Crippen LogP contribution in [0, 0.1) is 0 Å². The van der Waals surface area contributed by atoms with Crippen molar-refractivity contribution >= 4 is 16.9 Å². The number of aromatic nitrogens is 2. The van der Waals surface area contributed by atoms with Crippen LogP contribution in [-0.4, -0.2) is 15.1 Å². The SMILES string of the molecule is CCC(C(=O)[O-])n1c(=O)c2ccccc2n(CC)c1=O. The number of hydrogen-bond donors (Lipinski definition) is 0. The zero-order valence-corrected chi connectivity index (χ0v) is 11.3. The third-order valence-electron chi connectivity index (χ3n) is 3.37. The van der Waals surface area contributed by atoms with Gasteiger partial charge in [0, 0.05) is 6.54 Å². The fraction of sp³-hybridized carbons (Fsp3) is 0.357. The fourth-order valence-electron chi connectivity index (χ4n) is 2.37. The zero-order chi connectivity index (χ0) is 14.9. The molecule has 0 N–H and O–H groups in total. The summed E-state index contributed by atoms with van der Waals surface area (Å²) >= 11 is 0. The monoisotopic (exact) mass is 275 g/mol. The van der Waals surface area contributed by atoms with E-state index in [9.17, 15) is 19.5 Å². The van der Waals surface area contributed by atoms with E-state index in [1.807, 2.05) is 0 Å². The molecule has 0 fully saturated rings. The first-order valence-corrected chi connectivity index (χ1v) is 6.47. The molecule has 1 aromatic heterocycles. The molecule has 1 unspecified atom stereocenters. The molecule has 0 aliphatic carbocycles. The number of rotatable bonds is 4. The minimum Gasteiger partial charge on any atom is -0.548 e. The molecule has 2 aromatic rings. The third kappa shape index (κ3) is 2.03. The predicted octanol–water partition coefficient (Wildman–Crippen LogP) is -0.116. The maximum atomic E-state index is 12.4. The summed E-state index contributed by atoms with van der Waals surface area (Å²) in [7, 11) is 0. The number of para-hydroxylation sites is 1. The Labute approximate surface area is 114 Å². The number of fused-ring (bicyclic) bond motifs is 1. The van der Waals surface area contributed by atoms with Crippen LogP contribution in [0.3, 0.4) is 0 Å².